The molecule has 2 unspecified atom stereocenters. The highest BCUT2D eigenvalue weighted by atomic mass is 19.1. The van der Waals surface area contributed by atoms with Crippen molar-refractivity contribution in [2.24, 2.45) is 5.92 Å². The first kappa shape index (κ1) is 16.7. The fourth-order valence-electron chi connectivity index (χ4n) is 2.77. The molecule has 6 heteroatoms. The summed E-state index contributed by atoms with van der Waals surface area (Å²) in [5.74, 6) is -0.0976. The van der Waals surface area contributed by atoms with Gasteiger partial charge in [-0.05, 0) is 38.2 Å². The summed E-state index contributed by atoms with van der Waals surface area (Å²) in [4.78, 5) is 15.8. The number of likely N-dealkylation sites (N-methyl/N-ethyl adjacent to an activating group) is 1. The van der Waals surface area contributed by atoms with Gasteiger partial charge in [-0.2, -0.15) is 0 Å². The number of nitrogens with one attached hydrogen (secondary N) is 1. The SMILES string of the molecule is CN(C)C(CNC(=O)N1CCC(CO)C1)c1cccc(F)c1. The highest BCUT2D eigenvalue weighted by Crippen LogP contribution is 2.19. The number of likely N-dealkylation sites (tertiary alicyclic amines) is 1. The van der Waals surface area contributed by atoms with Gasteiger partial charge < -0.3 is 20.2 Å². The standard InChI is InChI=1S/C16H24FN3O2/c1-19(2)15(13-4-3-5-14(17)8-13)9-18-16(22)20-7-6-12(10-20)11-21/h3-5,8,12,15,21H,6-7,9-11H2,1-2H3,(H,18,22). The van der Waals surface area contributed by atoms with Crippen LogP contribution in [-0.2, 0) is 0 Å². The third-order valence-corrected chi connectivity index (χ3v) is 4.13. The van der Waals surface area contributed by atoms with Crippen LogP contribution < -0.4 is 5.32 Å². The molecule has 22 heavy (non-hydrogen) atoms. The molecule has 1 fully saturated rings. The fraction of sp³-hybridized carbons (Fsp3) is 0.562. The van der Waals surface area contributed by atoms with Gasteiger partial charge in [0, 0.05) is 32.2 Å². The molecule has 1 aromatic carbocycles. The lowest BCUT2D eigenvalue weighted by Crippen LogP contribution is -2.42. The van der Waals surface area contributed by atoms with E-state index in [9.17, 15) is 9.18 Å². The normalized spacial score (nSPS) is 19.5. The van der Waals surface area contributed by atoms with E-state index in [2.05, 4.69) is 5.32 Å². The van der Waals surface area contributed by atoms with Crippen molar-refractivity contribution in [1.29, 1.82) is 0 Å². The third kappa shape index (κ3) is 4.18. The zero-order chi connectivity index (χ0) is 16.1. The predicted molar refractivity (Wildman–Crippen MR) is 83.0 cm³/mol. The largest absolute Gasteiger partial charge is 0.396 e. The number of aliphatic hydroxyl groups excluding tert-OH is 1. The summed E-state index contributed by atoms with van der Waals surface area (Å²) in [7, 11) is 3.80. The highest BCUT2D eigenvalue weighted by Gasteiger charge is 2.26. The Morgan fingerprint density at radius 1 is 1.55 bits per heavy atom. The maximum Gasteiger partial charge on any atom is 0.317 e. The van der Waals surface area contributed by atoms with Crippen LogP contribution in [0.5, 0.6) is 0 Å². The minimum absolute atomic E-state index is 0.0871. The molecular formula is C16H24FN3O2. The van der Waals surface area contributed by atoms with Gasteiger partial charge in [-0.3, -0.25) is 0 Å². The summed E-state index contributed by atoms with van der Waals surface area (Å²) >= 11 is 0. The van der Waals surface area contributed by atoms with E-state index in [1.54, 1.807) is 11.0 Å². The molecule has 1 aliphatic rings. The summed E-state index contributed by atoms with van der Waals surface area (Å²) in [6.07, 6.45) is 0.838. The molecule has 0 aliphatic carbocycles. The molecular weight excluding hydrogens is 285 g/mol. The van der Waals surface area contributed by atoms with Gasteiger partial charge in [-0.25, -0.2) is 9.18 Å². The number of urea groups is 1. The molecule has 0 spiro atoms. The topological polar surface area (TPSA) is 55.8 Å². The number of rotatable bonds is 5. The second-order valence-electron chi connectivity index (χ2n) is 6.00. The average molecular weight is 309 g/mol. The van der Waals surface area contributed by atoms with Crippen LogP contribution in [0.25, 0.3) is 0 Å². The van der Waals surface area contributed by atoms with Gasteiger partial charge in [0.15, 0.2) is 0 Å². The zero-order valence-corrected chi connectivity index (χ0v) is 13.1. The number of carbonyl (C=O) groups is 1. The van der Waals surface area contributed by atoms with E-state index in [1.165, 1.54) is 12.1 Å². The lowest BCUT2D eigenvalue weighted by molar-refractivity contribution is 0.193. The Morgan fingerprint density at radius 3 is 2.91 bits per heavy atom. The van der Waals surface area contributed by atoms with Crippen molar-refractivity contribution < 1.29 is 14.3 Å². The summed E-state index contributed by atoms with van der Waals surface area (Å²) < 4.78 is 13.4. The highest BCUT2D eigenvalue weighted by molar-refractivity contribution is 5.74. The Labute approximate surface area is 130 Å². The number of carbonyl (C=O) groups excluding carboxylic acids is 1. The van der Waals surface area contributed by atoms with E-state index in [1.807, 2.05) is 25.1 Å². The van der Waals surface area contributed by atoms with Crippen LogP contribution in [0.3, 0.4) is 0 Å². The number of amides is 2. The van der Waals surface area contributed by atoms with E-state index >= 15 is 0 Å². The molecule has 2 N–H and O–H groups in total. The van der Waals surface area contributed by atoms with Crippen molar-refractivity contribution in [2.45, 2.75) is 12.5 Å². The Hall–Kier alpha value is -1.66. The third-order valence-electron chi connectivity index (χ3n) is 4.13. The van der Waals surface area contributed by atoms with Crippen molar-refractivity contribution in [3.63, 3.8) is 0 Å². The van der Waals surface area contributed by atoms with Crippen LogP contribution in [0.15, 0.2) is 24.3 Å². The molecule has 1 saturated heterocycles. The van der Waals surface area contributed by atoms with Crippen LogP contribution in [0.1, 0.15) is 18.0 Å². The minimum atomic E-state index is -0.277. The first-order valence-corrected chi connectivity index (χ1v) is 7.56. The van der Waals surface area contributed by atoms with Crippen LogP contribution in [0, 0.1) is 11.7 Å². The molecule has 1 heterocycles. The smallest absolute Gasteiger partial charge is 0.317 e. The van der Waals surface area contributed by atoms with Crippen molar-refractivity contribution in [2.75, 3.05) is 40.3 Å². The predicted octanol–water partition coefficient (Wildman–Crippen LogP) is 1.45. The summed E-state index contributed by atoms with van der Waals surface area (Å²) in [6, 6.07) is 6.23. The van der Waals surface area contributed by atoms with Crippen molar-refractivity contribution in [3.05, 3.63) is 35.6 Å². The van der Waals surface area contributed by atoms with Gasteiger partial charge in [-0.1, -0.05) is 12.1 Å². The molecule has 5 nitrogen and oxygen atoms in total. The maximum absolute atomic E-state index is 13.4. The van der Waals surface area contributed by atoms with Gasteiger partial charge in [0.1, 0.15) is 5.82 Å². The van der Waals surface area contributed by atoms with Gasteiger partial charge >= 0.3 is 6.03 Å². The second-order valence-corrected chi connectivity index (χ2v) is 6.00. The first-order valence-electron chi connectivity index (χ1n) is 7.56. The fourth-order valence-corrected chi connectivity index (χ4v) is 2.77. The average Bonchev–Trinajstić information content (AvgIpc) is 2.96. The van der Waals surface area contributed by atoms with Gasteiger partial charge in [0.05, 0.1) is 6.04 Å². The number of aliphatic hydroxyl groups is 1. The van der Waals surface area contributed by atoms with Gasteiger partial charge in [-0.15, -0.1) is 0 Å². The number of hydrogen-bond donors (Lipinski definition) is 2. The van der Waals surface area contributed by atoms with Crippen molar-refractivity contribution in [1.82, 2.24) is 15.1 Å². The van der Waals surface area contributed by atoms with Crippen LogP contribution >= 0.6 is 0 Å². The zero-order valence-electron chi connectivity index (χ0n) is 13.1. The molecule has 0 radical (unpaired) electrons. The summed E-state index contributed by atoms with van der Waals surface area (Å²) in [5, 5.41) is 12.0. The second kappa shape index (κ2) is 7.56. The quantitative estimate of drug-likeness (QED) is 0.865. The molecule has 2 atom stereocenters. The molecule has 2 amide bonds. The number of halogens is 1. The van der Waals surface area contributed by atoms with Crippen LogP contribution in [0.2, 0.25) is 0 Å². The molecule has 1 aliphatic heterocycles. The van der Waals surface area contributed by atoms with E-state index in [-0.39, 0.29) is 30.4 Å². The van der Waals surface area contributed by atoms with E-state index in [0.717, 1.165) is 12.0 Å². The Morgan fingerprint density at radius 2 is 2.32 bits per heavy atom. The van der Waals surface area contributed by atoms with Crippen molar-refractivity contribution in [3.8, 4) is 0 Å². The van der Waals surface area contributed by atoms with Crippen LogP contribution in [-0.4, -0.2) is 61.3 Å². The Balaban J connectivity index is 1.94. The molecule has 0 bridgehead atoms. The lowest BCUT2D eigenvalue weighted by atomic mass is 10.1. The summed E-state index contributed by atoms with van der Waals surface area (Å²) in [6.45, 7) is 1.79. The van der Waals surface area contributed by atoms with Gasteiger partial charge in [0.25, 0.3) is 0 Å². The molecule has 0 aromatic heterocycles. The first-order chi connectivity index (χ1) is 10.5. The Kier molecular flexibility index (Phi) is 5.74. The monoisotopic (exact) mass is 309 g/mol. The van der Waals surface area contributed by atoms with Gasteiger partial charge in [0.2, 0.25) is 0 Å². The lowest BCUT2D eigenvalue weighted by Gasteiger charge is -2.26. The van der Waals surface area contributed by atoms with E-state index in [4.69, 9.17) is 5.11 Å². The Bertz CT molecular complexity index is 510. The molecule has 2 rings (SSSR count). The number of nitrogens with zero attached hydrogens (tertiary/aromatic N) is 2. The molecule has 1 aromatic rings. The van der Waals surface area contributed by atoms with Crippen LogP contribution in [0.4, 0.5) is 9.18 Å². The molecule has 122 valence electrons. The minimum Gasteiger partial charge on any atom is -0.396 e. The molecule has 0 saturated carbocycles. The number of benzene rings is 1. The van der Waals surface area contributed by atoms with Crippen molar-refractivity contribution >= 4 is 6.03 Å². The van der Waals surface area contributed by atoms with E-state index in [0.29, 0.717) is 19.6 Å². The maximum atomic E-state index is 13.4. The van der Waals surface area contributed by atoms with E-state index < -0.39 is 0 Å². The number of hydrogen-bond acceptors (Lipinski definition) is 3. The summed E-state index contributed by atoms with van der Waals surface area (Å²) in [5.41, 5.74) is 0.833.